The molecule has 4 nitrogen and oxygen atoms in total. The molecule has 0 spiro atoms. The third-order valence-corrected chi connectivity index (χ3v) is 2.40. The standard InChI is InChI=1S/C12H15O4/c1-3-8-9(4-2)11(6-5-10(8)13)16-7-12(14)15/h5-6H,3-4,7H2,1-2H3,(H,14,15). The quantitative estimate of drug-likeness (QED) is 0.833. The Morgan fingerprint density at radius 2 is 1.88 bits per heavy atom. The van der Waals surface area contributed by atoms with Crippen LogP contribution in [0.1, 0.15) is 25.0 Å². The van der Waals surface area contributed by atoms with E-state index in [0.717, 1.165) is 5.56 Å². The topological polar surface area (TPSA) is 66.4 Å². The molecule has 1 N–H and O–H groups in total. The molecular weight excluding hydrogens is 208 g/mol. The van der Waals surface area contributed by atoms with Crippen LogP contribution in [0.25, 0.3) is 0 Å². The minimum absolute atomic E-state index is 0.0120. The summed E-state index contributed by atoms with van der Waals surface area (Å²) in [5, 5.41) is 20.1. The maximum absolute atomic E-state index is 11.5. The summed E-state index contributed by atoms with van der Waals surface area (Å²) in [6.45, 7) is 3.44. The maximum Gasteiger partial charge on any atom is 0.341 e. The van der Waals surface area contributed by atoms with Crippen molar-refractivity contribution in [1.29, 1.82) is 0 Å². The van der Waals surface area contributed by atoms with Crippen molar-refractivity contribution in [2.45, 2.75) is 26.7 Å². The molecule has 0 atom stereocenters. The zero-order valence-electron chi connectivity index (χ0n) is 9.45. The first-order valence-electron chi connectivity index (χ1n) is 5.26. The van der Waals surface area contributed by atoms with E-state index < -0.39 is 5.97 Å². The lowest BCUT2D eigenvalue weighted by Gasteiger charge is -2.12. The summed E-state index contributed by atoms with van der Waals surface area (Å²) < 4.78 is 5.15. The molecule has 0 saturated heterocycles. The minimum atomic E-state index is -1.02. The van der Waals surface area contributed by atoms with Gasteiger partial charge in [-0.3, -0.25) is 5.11 Å². The summed E-state index contributed by atoms with van der Waals surface area (Å²) in [7, 11) is 0. The highest BCUT2D eigenvalue weighted by Crippen LogP contribution is 2.31. The monoisotopic (exact) mass is 223 g/mol. The van der Waals surface area contributed by atoms with Crippen LogP contribution in [0.2, 0.25) is 0 Å². The number of carboxylic acids is 1. The summed E-state index contributed by atoms with van der Waals surface area (Å²) >= 11 is 0. The molecule has 1 aromatic carbocycles. The van der Waals surface area contributed by atoms with E-state index in [-0.39, 0.29) is 12.4 Å². The van der Waals surface area contributed by atoms with Crippen molar-refractivity contribution in [3.63, 3.8) is 0 Å². The van der Waals surface area contributed by atoms with Gasteiger partial charge in [0.25, 0.3) is 0 Å². The second-order valence-electron chi connectivity index (χ2n) is 3.41. The van der Waals surface area contributed by atoms with Crippen LogP contribution in [-0.2, 0) is 22.7 Å². The van der Waals surface area contributed by atoms with Crippen molar-refractivity contribution < 1.29 is 19.7 Å². The fraction of sp³-hybridized carbons (Fsp3) is 0.417. The van der Waals surface area contributed by atoms with Gasteiger partial charge >= 0.3 is 5.97 Å². The SMILES string of the molecule is CCc1c([O])ccc(OCC(=O)O)c1CC. The Bertz CT molecular complexity index is 385. The molecule has 0 bridgehead atoms. The number of carbonyl (C=O) groups is 1. The summed E-state index contributed by atoms with van der Waals surface area (Å²) in [4.78, 5) is 10.4. The van der Waals surface area contributed by atoms with E-state index in [1.165, 1.54) is 6.07 Å². The Morgan fingerprint density at radius 3 is 2.38 bits per heavy atom. The van der Waals surface area contributed by atoms with Crippen molar-refractivity contribution >= 4 is 5.97 Å². The Morgan fingerprint density at radius 1 is 1.25 bits per heavy atom. The van der Waals surface area contributed by atoms with Crippen LogP contribution in [0.5, 0.6) is 11.5 Å². The van der Waals surface area contributed by atoms with E-state index in [1.807, 2.05) is 13.8 Å². The van der Waals surface area contributed by atoms with Gasteiger partial charge in [0.1, 0.15) is 5.75 Å². The summed E-state index contributed by atoms with van der Waals surface area (Å²) in [5.74, 6) is -0.533. The molecule has 0 aliphatic carbocycles. The van der Waals surface area contributed by atoms with Crippen LogP contribution in [0.4, 0.5) is 0 Å². The van der Waals surface area contributed by atoms with Crippen LogP contribution < -0.4 is 4.74 Å². The first-order valence-corrected chi connectivity index (χ1v) is 5.26. The molecule has 0 unspecified atom stereocenters. The predicted molar refractivity (Wildman–Crippen MR) is 58.5 cm³/mol. The van der Waals surface area contributed by atoms with Gasteiger partial charge in [-0.15, -0.1) is 0 Å². The van der Waals surface area contributed by atoms with Crippen molar-refractivity contribution in [1.82, 2.24) is 0 Å². The van der Waals surface area contributed by atoms with Crippen molar-refractivity contribution in [3.05, 3.63) is 23.3 Å². The highest BCUT2D eigenvalue weighted by molar-refractivity contribution is 5.68. The molecule has 16 heavy (non-hydrogen) atoms. The van der Waals surface area contributed by atoms with Gasteiger partial charge in [0, 0.05) is 11.1 Å². The Labute approximate surface area is 94.5 Å². The zero-order valence-corrected chi connectivity index (χ0v) is 9.45. The molecular formula is C12H15O4. The maximum atomic E-state index is 11.5. The van der Waals surface area contributed by atoms with E-state index in [9.17, 15) is 9.90 Å². The Kier molecular flexibility index (Phi) is 4.17. The van der Waals surface area contributed by atoms with E-state index in [2.05, 4.69) is 0 Å². The number of carboxylic acid groups (broad SMARTS) is 1. The summed E-state index contributed by atoms with van der Waals surface area (Å²) in [6, 6.07) is 2.97. The molecule has 1 radical (unpaired) electrons. The number of hydrogen-bond acceptors (Lipinski definition) is 2. The largest absolute Gasteiger partial charge is 0.482 e. The van der Waals surface area contributed by atoms with Crippen LogP contribution in [0.15, 0.2) is 12.1 Å². The van der Waals surface area contributed by atoms with E-state index in [1.54, 1.807) is 6.07 Å². The molecule has 0 aromatic heterocycles. The summed E-state index contributed by atoms with van der Waals surface area (Å²) in [6.07, 6.45) is 1.29. The van der Waals surface area contributed by atoms with Crippen molar-refractivity contribution in [3.8, 4) is 11.5 Å². The van der Waals surface area contributed by atoms with Gasteiger partial charge in [0.2, 0.25) is 0 Å². The van der Waals surface area contributed by atoms with Crippen LogP contribution in [0.3, 0.4) is 0 Å². The van der Waals surface area contributed by atoms with Crippen LogP contribution in [-0.4, -0.2) is 17.7 Å². The first-order chi connectivity index (χ1) is 7.60. The molecule has 0 aliphatic heterocycles. The van der Waals surface area contributed by atoms with Gasteiger partial charge in [0.15, 0.2) is 12.4 Å². The van der Waals surface area contributed by atoms with Gasteiger partial charge in [-0.25, -0.2) is 4.79 Å². The molecule has 0 aliphatic rings. The highest BCUT2D eigenvalue weighted by Gasteiger charge is 2.13. The molecule has 0 heterocycles. The molecule has 0 saturated carbocycles. The molecule has 4 heteroatoms. The minimum Gasteiger partial charge on any atom is -0.482 e. The van der Waals surface area contributed by atoms with E-state index >= 15 is 0 Å². The number of aliphatic carboxylic acids is 1. The second kappa shape index (κ2) is 5.39. The summed E-state index contributed by atoms with van der Waals surface area (Å²) in [5.41, 5.74) is 1.53. The normalized spacial score (nSPS) is 10.1. The number of rotatable bonds is 5. The average Bonchev–Trinajstić information content (AvgIpc) is 2.26. The van der Waals surface area contributed by atoms with Gasteiger partial charge < -0.3 is 9.84 Å². The van der Waals surface area contributed by atoms with Gasteiger partial charge in [-0.1, -0.05) is 13.8 Å². The molecule has 1 rings (SSSR count). The number of hydrogen-bond donors (Lipinski definition) is 1. The molecule has 0 amide bonds. The average molecular weight is 223 g/mol. The first kappa shape index (κ1) is 12.4. The van der Waals surface area contributed by atoms with E-state index in [4.69, 9.17) is 9.84 Å². The third-order valence-electron chi connectivity index (χ3n) is 2.40. The molecule has 87 valence electrons. The zero-order chi connectivity index (χ0) is 12.1. The smallest absolute Gasteiger partial charge is 0.341 e. The van der Waals surface area contributed by atoms with Crippen molar-refractivity contribution in [2.24, 2.45) is 0 Å². The van der Waals surface area contributed by atoms with Gasteiger partial charge in [-0.05, 0) is 25.0 Å². The lowest BCUT2D eigenvalue weighted by atomic mass is 10.0. The fourth-order valence-electron chi connectivity index (χ4n) is 1.70. The third kappa shape index (κ3) is 2.66. The van der Waals surface area contributed by atoms with Gasteiger partial charge in [0.05, 0.1) is 0 Å². The van der Waals surface area contributed by atoms with Crippen LogP contribution in [0, 0.1) is 0 Å². The second-order valence-corrected chi connectivity index (χ2v) is 3.41. The number of ether oxygens (including phenoxy) is 1. The van der Waals surface area contributed by atoms with Crippen molar-refractivity contribution in [2.75, 3.05) is 6.61 Å². The van der Waals surface area contributed by atoms with E-state index in [0.29, 0.717) is 24.2 Å². The van der Waals surface area contributed by atoms with Crippen LogP contribution >= 0.6 is 0 Å². The lowest BCUT2D eigenvalue weighted by Crippen LogP contribution is -2.11. The fourth-order valence-corrected chi connectivity index (χ4v) is 1.70. The highest BCUT2D eigenvalue weighted by atomic mass is 16.5. The Balaban J connectivity index is 3.04. The molecule has 0 fully saturated rings. The van der Waals surface area contributed by atoms with Gasteiger partial charge in [-0.2, -0.15) is 0 Å². The predicted octanol–water partition coefficient (Wildman–Crippen LogP) is 2.42. The Hall–Kier alpha value is -1.71. The lowest BCUT2D eigenvalue weighted by molar-refractivity contribution is -0.139. The number of benzene rings is 1. The molecule has 1 aromatic rings.